The van der Waals surface area contributed by atoms with Gasteiger partial charge in [-0.05, 0) is 42.8 Å². The van der Waals surface area contributed by atoms with Crippen molar-refractivity contribution in [2.24, 2.45) is 0 Å². The fourth-order valence-corrected chi connectivity index (χ4v) is 5.97. The number of amides is 3. The highest BCUT2D eigenvalue weighted by atomic mass is 35.5. The number of H-pyrrole nitrogens is 1. The third-order valence-electron chi connectivity index (χ3n) is 5.70. The average Bonchev–Trinajstić information content (AvgIpc) is 3.54. The molecule has 1 unspecified atom stereocenters. The predicted molar refractivity (Wildman–Crippen MR) is 143 cm³/mol. The molecule has 0 spiro atoms. The van der Waals surface area contributed by atoms with Crippen LogP contribution in [0, 0.1) is 0 Å². The van der Waals surface area contributed by atoms with Gasteiger partial charge >= 0.3 is 0 Å². The van der Waals surface area contributed by atoms with Gasteiger partial charge in [-0.15, -0.1) is 0 Å². The van der Waals surface area contributed by atoms with E-state index in [2.05, 4.69) is 32.7 Å². The second-order valence-corrected chi connectivity index (χ2v) is 11.0. The molecule has 1 aliphatic rings. The van der Waals surface area contributed by atoms with Crippen molar-refractivity contribution >= 4 is 62.3 Å². The van der Waals surface area contributed by atoms with E-state index in [9.17, 15) is 22.8 Å². The molecule has 38 heavy (non-hydrogen) atoms. The first kappa shape index (κ1) is 27.3. The molecule has 2 heterocycles. The number of nitrogens with zero attached hydrogens (tertiary/aromatic N) is 2. The molecule has 1 aliphatic heterocycles. The molecule has 4 N–H and O–H groups in total. The third-order valence-corrected chi connectivity index (χ3v) is 8.20. The lowest BCUT2D eigenvalue weighted by Crippen LogP contribution is -2.39. The lowest BCUT2D eigenvalue weighted by Gasteiger charge is -2.18. The fourth-order valence-electron chi connectivity index (χ4n) is 3.85. The van der Waals surface area contributed by atoms with Crippen LogP contribution in [0.4, 0.5) is 11.4 Å². The van der Waals surface area contributed by atoms with Crippen LogP contribution in [0.5, 0.6) is 0 Å². The smallest absolute Gasteiger partial charge is 0.274 e. The quantitative estimate of drug-likeness (QED) is 0.302. The van der Waals surface area contributed by atoms with Crippen molar-refractivity contribution in [3.05, 3.63) is 82.6 Å². The van der Waals surface area contributed by atoms with Crippen LogP contribution in [0.25, 0.3) is 0 Å². The monoisotopic (exact) mass is 576 g/mol. The van der Waals surface area contributed by atoms with Gasteiger partial charge in [-0.25, -0.2) is 8.42 Å². The van der Waals surface area contributed by atoms with E-state index in [1.165, 1.54) is 40.8 Å². The lowest BCUT2D eigenvalue weighted by molar-refractivity contribution is -0.111. The van der Waals surface area contributed by atoms with Gasteiger partial charge in [-0.1, -0.05) is 41.9 Å². The number of sulfonamides is 1. The van der Waals surface area contributed by atoms with Crippen LogP contribution >= 0.6 is 23.2 Å². The standard InChI is InChI=1S/C24H22Cl2N6O5S/c1-2-20(33)28-14-5-3-6-16(11-14)38(36,37)32-10-9-15(13-32)29-24(35)22-19(12-27-31-22)30-23(34)21-17(25)7-4-8-18(21)26/h2-8,11-12,15H,1,9-10,13H2,(H,27,31)(H,28,33)(H,29,35)(H,30,34). The van der Waals surface area contributed by atoms with E-state index in [1.807, 2.05) is 0 Å². The highest BCUT2D eigenvalue weighted by Gasteiger charge is 2.34. The van der Waals surface area contributed by atoms with Crippen molar-refractivity contribution in [2.45, 2.75) is 17.4 Å². The summed E-state index contributed by atoms with van der Waals surface area (Å²) < 4.78 is 27.6. The summed E-state index contributed by atoms with van der Waals surface area (Å²) in [6, 6.07) is 9.98. The lowest BCUT2D eigenvalue weighted by atomic mass is 10.2. The number of aromatic amines is 1. The molecule has 11 nitrogen and oxygen atoms in total. The van der Waals surface area contributed by atoms with Crippen molar-refractivity contribution in [1.82, 2.24) is 19.8 Å². The van der Waals surface area contributed by atoms with Gasteiger partial charge in [0.25, 0.3) is 11.8 Å². The van der Waals surface area contributed by atoms with E-state index >= 15 is 0 Å². The van der Waals surface area contributed by atoms with Crippen LogP contribution in [0.3, 0.4) is 0 Å². The SMILES string of the molecule is C=CC(=O)Nc1cccc(S(=O)(=O)N2CCC(NC(=O)c3n[nH]cc3NC(=O)c3c(Cl)cccc3Cl)C2)c1. The predicted octanol–water partition coefficient (Wildman–Crippen LogP) is 3.29. The number of carbonyl (C=O) groups excluding carboxylic acids is 3. The van der Waals surface area contributed by atoms with Gasteiger partial charge in [-0.2, -0.15) is 9.40 Å². The Morgan fingerprint density at radius 2 is 1.79 bits per heavy atom. The summed E-state index contributed by atoms with van der Waals surface area (Å²) in [5.74, 6) is -1.70. The van der Waals surface area contributed by atoms with Gasteiger partial charge < -0.3 is 16.0 Å². The topological polar surface area (TPSA) is 153 Å². The number of aromatic nitrogens is 2. The molecule has 0 radical (unpaired) electrons. The summed E-state index contributed by atoms with van der Waals surface area (Å²) in [7, 11) is -3.89. The summed E-state index contributed by atoms with van der Waals surface area (Å²) in [5.41, 5.74) is 0.372. The highest BCUT2D eigenvalue weighted by Crippen LogP contribution is 2.26. The number of rotatable bonds is 8. The molecule has 3 amide bonds. The Bertz CT molecular complexity index is 1500. The number of halogens is 2. The average molecular weight is 577 g/mol. The zero-order valence-corrected chi connectivity index (χ0v) is 22.0. The van der Waals surface area contributed by atoms with Crippen molar-refractivity contribution < 1.29 is 22.8 Å². The molecule has 14 heteroatoms. The second kappa shape index (κ2) is 11.4. The van der Waals surface area contributed by atoms with E-state index in [1.54, 1.807) is 12.1 Å². The van der Waals surface area contributed by atoms with E-state index in [0.29, 0.717) is 12.1 Å². The number of benzene rings is 2. The molecule has 2 aromatic carbocycles. The molecule has 3 aromatic rings. The van der Waals surface area contributed by atoms with E-state index in [-0.39, 0.29) is 45.0 Å². The first-order valence-electron chi connectivity index (χ1n) is 11.2. The molecule has 4 rings (SSSR count). The minimum absolute atomic E-state index is 0.00173. The van der Waals surface area contributed by atoms with Gasteiger partial charge in [0.1, 0.15) is 0 Å². The van der Waals surface area contributed by atoms with Gasteiger partial charge in [0.15, 0.2) is 5.69 Å². The molecule has 198 valence electrons. The van der Waals surface area contributed by atoms with Crippen LogP contribution in [-0.4, -0.2) is 59.8 Å². The zero-order chi connectivity index (χ0) is 27.4. The molecule has 1 atom stereocenters. The summed E-state index contributed by atoms with van der Waals surface area (Å²) in [6.07, 6.45) is 2.78. The number of hydrogen-bond acceptors (Lipinski definition) is 6. The minimum Gasteiger partial charge on any atom is -0.346 e. The van der Waals surface area contributed by atoms with Crippen LogP contribution in [0.1, 0.15) is 27.3 Å². The maximum Gasteiger partial charge on any atom is 0.274 e. The number of nitrogens with one attached hydrogen (secondary N) is 4. The van der Waals surface area contributed by atoms with E-state index in [0.717, 1.165) is 6.08 Å². The zero-order valence-electron chi connectivity index (χ0n) is 19.7. The van der Waals surface area contributed by atoms with Crippen LogP contribution in [0.15, 0.2) is 66.2 Å². The minimum atomic E-state index is -3.89. The van der Waals surface area contributed by atoms with Gasteiger partial charge in [0.2, 0.25) is 15.9 Å². The number of anilines is 2. The summed E-state index contributed by atoms with van der Waals surface area (Å²) in [5, 5.41) is 14.6. The fraction of sp³-hybridized carbons (Fsp3) is 0.167. The van der Waals surface area contributed by atoms with E-state index < -0.39 is 33.8 Å². The highest BCUT2D eigenvalue weighted by molar-refractivity contribution is 7.89. The molecule has 0 bridgehead atoms. The third kappa shape index (κ3) is 5.89. The molecular formula is C24H22Cl2N6O5S. The summed E-state index contributed by atoms with van der Waals surface area (Å²) >= 11 is 12.2. The Kier molecular flexibility index (Phi) is 8.17. The Balaban J connectivity index is 1.42. The number of hydrogen-bond donors (Lipinski definition) is 4. The first-order valence-corrected chi connectivity index (χ1v) is 13.4. The number of carbonyl (C=O) groups is 3. The van der Waals surface area contributed by atoms with Gasteiger partial charge in [-0.3, -0.25) is 19.5 Å². The van der Waals surface area contributed by atoms with Crippen LogP contribution in [-0.2, 0) is 14.8 Å². The summed E-state index contributed by atoms with van der Waals surface area (Å²) in [4.78, 5) is 37.2. The Morgan fingerprint density at radius 1 is 1.08 bits per heavy atom. The van der Waals surface area contributed by atoms with Crippen LogP contribution in [0.2, 0.25) is 10.0 Å². The molecule has 1 fully saturated rings. The largest absolute Gasteiger partial charge is 0.346 e. The molecule has 0 saturated carbocycles. The second-order valence-electron chi connectivity index (χ2n) is 8.24. The Labute approximate surface area is 228 Å². The van der Waals surface area contributed by atoms with Gasteiger partial charge in [0.05, 0.1) is 26.2 Å². The van der Waals surface area contributed by atoms with Gasteiger partial charge in [0, 0.05) is 31.0 Å². The van der Waals surface area contributed by atoms with Crippen molar-refractivity contribution in [3.8, 4) is 0 Å². The van der Waals surface area contributed by atoms with E-state index in [4.69, 9.17) is 23.2 Å². The Morgan fingerprint density at radius 3 is 2.50 bits per heavy atom. The van der Waals surface area contributed by atoms with Crippen molar-refractivity contribution in [3.63, 3.8) is 0 Å². The first-order chi connectivity index (χ1) is 18.1. The Hall–Kier alpha value is -3.71. The maximum absolute atomic E-state index is 13.2. The summed E-state index contributed by atoms with van der Waals surface area (Å²) in [6.45, 7) is 3.57. The maximum atomic E-state index is 13.2. The van der Waals surface area contributed by atoms with Crippen LogP contribution < -0.4 is 16.0 Å². The molecular weight excluding hydrogens is 555 g/mol. The molecule has 1 aromatic heterocycles. The molecule has 0 aliphatic carbocycles. The van der Waals surface area contributed by atoms with Crippen molar-refractivity contribution in [1.29, 1.82) is 0 Å². The normalized spacial score (nSPS) is 15.6. The van der Waals surface area contributed by atoms with Crippen molar-refractivity contribution in [2.75, 3.05) is 23.7 Å². The molecule has 1 saturated heterocycles.